The van der Waals surface area contributed by atoms with Crippen LogP contribution >= 0.6 is 11.6 Å². The fourth-order valence-corrected chi connectivity index (χ4v) is 2.27. The molecular weight excluding hydrogens is 289 g/mol. The van der Waals surface area contributed by atoms with Gasteiger partial charge in [0.2, 0.25) is 0 Å². The summed E-state index contributed by atoms with van der Waals surface area (Å²) in [5.41, 5.74) is 1.50. The molecule has 2 aromatic carbocycles. The molecule has 0 amide bonds. The summed E-state index contributed by atoms with van der Waals surface area (Å²) in [5.74, 6) is 0.964. The quantitative estimate of drug-likeness (QED) is 0.854. The molecule has 1 aliphatic rings. The van der Waals surface area contributed by atoms with Gasteiger partial charge in [0.1, 0.15) is 17.3 Å². The summed E-state index contributed by atoms with van der Waals surface area (Å²) >= 11 is 6.01. The molecular formula is C17H17ClFNO. The molecule has 0 saturated heterocycles. The molecule has 0 spiro atoms. The minimum atomic E-state index is -0.244. The van der Waals surface area contributed by atoms with Crippen LogP contribution < -0.4 is 10.1 Å². The number of hydrogen-bond donors (Lipinski definition) is 1. The molecule has 2 aromatic rings. The van der Waals surface area contributed by atoms with Gasteiger partial charge in [-0.05, 0) is 55.7 Å². The maximum absolute atomic E-state index is 14.0. The van der Waals surface area contributed by atoms with Crippen LogP contribution in [0.25, 0.3) is 0 Å². The highest BCUT2D eigenvalue weighted by molar-refractivity contribution is 6.31. The summed E-state index contributed by atoms with van der Waals surface area (Å²) in [7, 11) is 0. The Morgan fingerprint density at radius 2 is 2.10 bits per heavy atom. The van der Waals surface area contributed by atoms with E-state index >= 15 is 0 Å². The van der Waals surface area contributed by atoms with E-state index in [1.165, 1.54) is 18.9 Å². The lowest BCUT2D eigenvalue weighted by Crippen LogP contribution is -2.16. The van der Waals surface area contributed by atoms with E-state index in [4.69, 9.17) is 16.3 Å². The third-order valence-corrected chi connectivity index (χ3v) is 4.00. The lowest BCUT2D eigenvalue weighted by molar-refractivity contribution is 0.461. The van der Waals surface area contributed by atoms with Gasteiger partial charge >= 0.3 is 0 Å². The van der Waals surface area contributed by atoms with Crippen LogP contribution in [0.2, 0.25) is 5.02 Å². The number of rotatable bonds is 5. The van der Waals surface area contributed by atoms with E-state index in [0.717, 1.165) is 5.56 Å². The maximum atomic E-state index is 14.0. The highest BCUT2D eigenvalue weighted by atomic mass is 35.5. The average Bonchev–Trinajstić information content (AvgIpc) is 3.26. The van der Waals surface area contributed by atoms with Crippen molar-refractivity contribution in [3.8, 4) is 11.5 Å². The average molecular weight is 306 g/mol. The smallest absolute Gasteiger partial charge is 0.134 e. The van der Waals surface area contributed by atoms with Crippen molar-refractivity contribution in [2.75, 3.05) is 0 Å². The Morgan fingerprint density at radius 1 is 1.29 bits per heavy atom. The molecule has 0 radical (unpaired) electrons. The molecule has 1 N–H and O–H groups in total. The molecule has 0 unspecified atom stereocenters. The number of nitrogens with one attached hydrogen (secondary N) is 1. The fourth-order valence-electron chi connectivity index (χ4n) is 2.15. The molecule has 4 heteroatoms. The van der Waals surface area contributed by atoms with Gasteiger partial charge in [-0.25, -0.2) is 4.39 Å². The van der Waals surface area contributed by atoms with Crippen molar-refractivity contribution in [1.82, 2.24) is 5.32 Å². The van der Waals surface area contributed by atoms with Crippen molar-refractivity contribution in [1.29, 1.82) is 0 Å². The zero-order valence-electron chi connectivity index (χ0n) is 11.8. The van der Waals surface area contributed by atoms with Crippen molar-refractivity contribution in [3.05, 3.63) is 58.4 Å². The third-order valence-electron chi connectivity index (χ3n) is 3.58. The fraction of sp³-hybridized carbons (Fsp3) is 0.294. The van der Waals surface area contributed by atoms with Gasteiger partial charge in [0.05, 0.1) is 0 Å². The highest BCUT2D eigenvalue weighted by Crippen LogP contribution is 2.30. The molecule has 0 atom stereocenters. The summed E-state index contributed by atoms with van der Waals surface area (Å²) in [4.78, 5) is 0. The Labute approximate surface area is 128 Å². The molecule has 0 heterocycles. The van der Waals surface area contributed by atoms with Gasteiger partial charge in [0.25, 0.3) is 0 Å². The predicted octanol–water partition coefficient (Wildman–Crippen LogP) is 4.83. The monoisotopic (exact) mass is 305 g/mol. The van der Waals surface area contributed by atoms with E-state index in [-0.39, 0.29) is 5.82 Å². The Hall–Kier alpha value is -1.58. The van der Waals surface area contributed by atoms with Gasteiger partial charge in [-0.1, -0.05) is 17.7 Å². The Balaban J connectivity index is 1.82. The summed E-state index contributed by atoms with van der Waals surface area (Å²) in [5, 5.41) is 4.01. The molecule has 3 rings (SSSR count). The zero-order valence-corrected chi connectivity index (χ0v) is 12.6. The van der Waals surface area contributed by atoms with Gasteiger partial charge in [-0.2, -0.15) is 0 Å². The normalized spacial score (nSPS) is 14.2. The van der Waals surface area contributed by atoms with Gasteiger partial charge in [-0.15, -0.1) is 0 Å². The standard InChI is InChI=1S/C17H17ClFNO/c1-11-9-13(7-8-15(11)18)21-17-4-2-3-16(19)14(17)10-20-12-5-6-12/h2-4,7-9,12,20H,5-6,10H2,1H3. The van der Waals surface area contributed by atoms with Crippen molar-refractivity contribution < 1.29 is 9.13 Å². The molecule has 0 aromatic heterocycles. The lowest BCUT2D eigenvalue weighted by atomic mass is 10.1. The van der Waals surface area contributed by atoms with Crippen LogP contribution in [-0.4, -0.2) is 6.04 Å². The van der Waals surface area contributed by atoms with Crippen LogP contribution in [0.1, 0.15) is 24.0 Å². The summed E-state index contributed by atoms with van der Waals surface area (Å²) in [6.45, 7) is 2.40. The van der Waals surface area contributed by atoms with Crippen LogP contribution in [0.15, 0.2) is 36.4 Å². The molecule has 2 nitrogen and oxygen atoms in total. The zero-order chi connectivity index (χ0) is 14.8. The van der Waals surface area contributed by atoms with E-state index in [1.807, 2.05) is 13.0 Å². The van der Waals surface area contributed by atoms with Crippen LogP contribution in [0.4, 0.5) is 4.39 Å². The van der Waals surface area contributed by atoms with Crippen LogP contribution in [0, 0.1) is 12.7 Å². The second-order valence-corrected chi connectivity index (χ2v) is 5.79. The van der Waals surface area contributed by atoms with E-state index in [0.29, 0.717) is 34.7 Å². The lowest BCUT2D eigenvalue weighted by Gasteiger charge is -2.13. The first-order chi connectivity index (χ1) is 10.1. The molecule has 110 valence electrons. The number of benzene rings is 2. The summed E-state index contributed by atoms with van der Waals surface area (Å²) < 4.78 is 19.9. The van der Waals surface area contributed by atoms with Crippen molar-refractivity contribution in [3.63, 3.8) is 0 Å². The third kappa shape index (κ3) is 3.55. The van der Waals surface area contributed by atoms with Gasteiger partial charge in [0.15, 0.2) is 0 Å². The second-order valence-electron chi connectivity index (χ2n) is 5.38. The van der Waals surface area contributed by atoms with E-state index in [1.54, 1.807) is 24.3 Å². The Bertz CT molecular complexity index is 655. The molecule has 0 aliphatic heterocycles. The molecule has 1 aliphatic carbocycles. The van der Waals surface area contributed by atoms with Crippen molar-refractivity contribution in [2.24, 2.45) is 0 Å². The summed E-state index contributed by atoms with van der Waals surface area (Å²) in [6, 6.07) is 10.9. The largest absolute Gasteiger partial charge is 0.457 e. The van der Waals surface area contributed by atoms with Crippen molar-refractivity contribution >= 4 is 11.6 Å². The van der Waals surface area contributed by atoms with Gasteiger partial charge in [0, 0.05) is 23.2 Å². The number of halogens is 2. The first kappa shape index (κ1) is 14.4. The van der Waals surface area contributed by atoms with Crippen LogP contribution in [0.3, 0.4) is 0 Å². The topological polar surface area (TPSA) is 21.3 Å². The van der Waals surface area contributed by atoms with Gasteiger partial charge in [-0.3, -0.25) is 0 Å². The van der Waals surface area contributed by atoms with Crippen LogP contribution in [-0.2, 0) is 6.54 Å². The van der Waals surface area contributed by atoms with Crippen molar-refractivity contribution in [2.45, 2.75) is 32.4 Å². The Kier molecular flexibility index (Phi) is 4.13. The molecule has 1 saturated carbocycles. The minimum absolute atomic E-state index is 0.244. The van der Waals surface area contributed by atoms with E-state index < -0.39 is 0 Å². The minimum Gasteiger partial charge on any atom is -0.457 e. The Morgan fingerprint density at radius 3 is 2.81 bits per heavy atom. The van der Waals surface area contributed by atoms with E-state index in [9.17, 15) is 4.39 Å². The van der Waals surface area contributed by atoms with Crippen LogP contribution in [0.5, 0.6) is 11.5 Å². The predicted molar refractivity (Wildman–Crippen MR) is 82.5 cm³/mol. The maximum Gasteiger partial charge on any atom is 0.134 e. The second kappa shape index (κ2) is 6.04. The SMILES string of the molecule is Cc1cc(Oc2cccc(F)c2CNC2CC2)ccc1Cl. The number of hydrogen-bond acceptors (Lipinski definition) is 2. The molecule has 21 heavy (non-hydrogen) atoms. The van der Waals surface area contributed by atoms with E-state index in [2.05, 4.69) is 5.32 Å². The highest BCUT2D eigenvalue weighted by Gasteiger charge is 2.21. The molecule has 1 fully saturated rings. The first-order valence-corrected chi connectivity index (χ1v) is 7.46. The summed E-state index contributed by atoms with van der Waals surface area (Å²) in [6.07, 6.45) is 2.34. The first-order valence-electron chi connectivity index (χ1n) is 7.08. The van der Waals surface area contributed by atoms with Gasteiger partial charge < -0.3 is 10.1 Å². The molecule has 0 bridgehead atoms. The number of aryl methyl sites for hydroxylation is 1. The number of ether oxygens (including phenoxy) is 1.